The summed E-state index contributed by atoms with van der Waals surface area (Å²) in [6, 6.07) is 13.7. The zero-order valence-corrected chi connectivity index (χ0v) is 24.1. The van der Waals surface area contributed by atoms with Gasteiger partial charge in [-0.15, -0.1) is 6.42 Å². The van der Waals surface area contributed by atoms with E-state index in [0.717, 1.165) is 10.5 Å². The molecule has 40 heavy (non-hydrogen) atoms. The average Bonchev–Trinajstić information content (AvgIpc) is 2.91. The predicted molar refractivity (Wildman–Crippen MR) is 156 cm³/mol. The van der Waals surface area contributed by atoms with Crippen LogP contribution < -0.4 is 24.4 Å². The number of hydrogen-bond donors (Lipinski definition) is 1. The Kier molecular flexibility index (Phi) is 9.38. The topological polar surface area (TPSA) is 94.2 Å². The molecule has 4 amide bonds. The van der Waals surface area contributed by atoms with Crippen LogP contribution >= 0.6 is 39.1 Å². The quantitative estimate of drug-likeness (QED) is 0.164. The molecule has 0 saturated carbocycles. The lowest BCUT2D eigenvalue weighted by molar-refractivity contribution is -0.122. The van der Waals surface area contributed by atoms with Gasteiger partial charge in [-0.1, -0.05) is 35.2 Å². The van der Waals surface area contributed by atoms with Crippen molar-refractivity contribution >= 4 is 68.7 Å². The Labute approximate surface area is 248 Å². The van der Waals surface area contributed by atoms with E-state index < -0.39 is 17.8 Å². The van der Waals surface area contributed by atoms with Gasteiger partial charge in [0.15, 0.2) is 11.5 Å². The zero-order chi connectivity index (χ0) is 28.8. The van der Waals surface area contributed by atoms with Crippen molar-refractivity contribution in [2.45, 2.75) is 13.5 Å². The first-order valence-corrected chi connectivity index (χ1v) is 13.4. The smallest absolute Gasteiger partial charge is 0.335 e. The first-order valence-electron chi connectivity index (χ1n) is 11.8. The maximum absolute atomic E-state index is 13.3. The van der Waals surface area contributed by atoms with Gasteiger partial charge in [-0.05, 0) is 83.0 Å². The van der Waals surface area contributed by atoms with Crippen molar-refractivity contribution in [3.05, 3.63) is 85.8 Å². The molecule has 0 aromatic heterocycles. The summed E-state index contributed by atoms with van der Waals surface area (Å²) in [5, 5.41) is 3.19. The van der Waals surface area contributed by atoms with E-state index in [1.165, 1.54) is 18.2 Å². The summed E-state index contributed by atoms with van der Waals surface area (Å²) >= 11 is 15.5. The molecule has 1 saturated heterocycles. The van der Waals surface area contributed by atoms with Crippen molar-refractivity contribution in [3.8, 4) is 29.6 Å². The lowest BCUT2D eigenvalue weighted by Crippen LogP contribution is -2.54. The van der Waals surface area contributed by atoms with E-state index in [1.54, 1.807) is 49.4 Å². The van der Waals surface area contributed by atoms with Gasteiger partial charge in [0.2, 0.25) is 0 Å². The minimum absolute atomic E-state index is 0.0236. The molecule has 0 atom stereocenters. The third kappa shape index (κ3) is 6.59. The second-order valence-corrected chi connectivity index (χ2v) is 9.93. The number of urea groups is 1. The number of carbonyl (C=O) groups excluding carboxylic acids is 3. The molecule has 0 bridgehead atoms. The SMILES string of the molecule is C#CCOc1c(Br)cc(/C=C2\C(=O)NC(=O)N(c3ccc(OCc4ccc(Cl)cc4Cl)cc3)C2=O)cc1OCC. The minimum Gasteiger partial charge on any atom is -0.490 e. The summed E-state index contributed by atoms with van der Waals surface area (Å²) in [7, 11) is 0. The van der Waals surface area contributed by atoms with Crippen molar-refractivity contribution in [3.63, 3.8) is 0 Å². The fourth-order valence-corrected chi connectivity index (χ4v) is 4.78. The van der Waals surface area contributed by atoms with Crippen LogP contribution in [0.1, 0.15) is 18.1 Å². The van der Waals surface area contributed by atoms with Crippen molar-refractivity contribution in [1.82, 2.24) is 5.32 Å². The second-order valence-electron chi connectivity index (χ2n) is 8.23. The molecule has 3 aromatic rings. The van der Waals surface area contributed by atoms with Crippen LogP contribution in [0.3, 0.4) is 0 Å². The monoisotopic (exact) mass is 642 g/mol. The van der Waals surface area contributed by atoms with Gasteiger partial charge in [-0.25, -0.2) is 9.69 Å². The van der Waals surface area contributed by atoms with Crippen LogP contribution in [0.5, 0.6) is 17.2 Å². The fourth-order valence-electron chi connectivity index (χ4n) is 3.74. The van der Waals surface area contributed by atoms with Crippen LogP contribution in [0.4, 0.5) is 10.5 Å². The van der Waals surface area contributed by atoms with E-state index in [4.69, 9.17) is 43.8 Å². The van der Waals surface area contributed by atoms with Crippen LogP contribution in [0.15, 0.2) is 64.6 Å². The number of anilines is 1. The molecule has 0 radical (unpaired) electrons. The average molecular weight is 644 g/mol. The summed E-state index contributed by atoms with van der Waals surface area (Å²) in [4.78, 5) is 39.5. The molecule has 1 heterocycles. The maximum Gasteiger partial charge on any atom is 0.335 e. The standard InChI is InChI=1S/C29H21BrCl2N2O6/c1-3-11-39-26-23(30)13-17(14-25(26)38-4-2)12-22-27(35)33-29(37)34(28(22)36)20-7-9-21(10-8-20)40-16-18-5-6-19(31)15-24(18)32/h1,5-10,12-15H,4,11,16H2,2H3,(H,33,35,37)/b22-12+. The van der Waals surface area contributed by atoms with Gasteiger partial charge in [0, 0.05) is 15.6 Å². The van der Waals surface area contributed by atoms with E-state index in [2.05, 4.69) is 27.2 Å². The summed E-state index contributed by atoms with van der Waals surface area (Å²) < 4.78 is 17.5. The molecule has 4 rings (SSSR count). The Morgan fingerprint density at radius 1 is 1.02 bits per heavy atom. The molecule has 0 aliphatic carbocycles. The summed E-state index contributed by atoms with van der Waals surface area (Å²) in [6.45, 7) is 2.35. The lowest BCUT2D eigenvalue weighted by atomic mass is 10.1. The third-order valence-corrected chi connectivity index (χ3v) is 6.72. The van der Waals surface area contributed by atoms with Gasteiger partial charge in [0.25, 0.3) is 11.8 Å². The first-order chi connectivity index (χ1) is 19.2. The van der Waals surface area contributed by atoms with Gasteiger partial charge in [-0.3, -0.25) is 14.9 Å². The number of benzene rings is 3. The molecule has 1 aliphatic heterocycles. The fraction of sp³-hybridized carbons (Fsp3) is 0.138. The third-order valence-electron chi connectivity index (χ3n) is 5.55. The minimum atomic E-state index is -0.872. The van der Waals surface area contributed by atoms with Crippen LogP contribution in [-0.2, 0) is 16.2 Å². The molecule has 0 spiro atoms. The molecule has 1 fully saturated rings. The van der Waals surface area contributed by atoms with E-state index in [9.17, 15) is 14.4 Å². The van der Waals surface area contributed by atoms with Gasteiger partial charge in [0.05, 0.1) is 16.8 Å². The highest BCUT2D eigenvalue weighted by Crippen LogP contribution is 2.38. The number of imide groups is 2. The maximum atomic E-state index is 13.3. The summed E-state index contributed by atoms with van der Waals surface area (Å²) in [5.74, 6) is 2.00. The summed E-state index contributed by atoms with van der Waals surface area (Å²) in [5.41, 5.74) is 1.19. The Hall–Kier alpha value is -3.97. The van der Waals surface area contributed by atoms with E-state index in [-0.39, 0.29) is 24.5 Å². The zero-order valence-electron chi connectivity index (χ0n) is 21.0. The number of nitrogens with one attached hydrogen (secondary N) is 1. The molecule has 3 aromatic carbocycles. The number of rotatable bonds is 9. The lowest BCUT2D eigenvalue weighted by Gasteiger charge is -2.26. The Morgan fingerprint density at radius 3 is 2.45 bits per heavy atom. The van der Waals surface area contributed by atoms with Crippen LogP contribution in [-0.4, -0.2) is 31.1 Å². The van der Waals surface area contributed by atoms with Crippen LogP contribution in [0.25, 0.3) is 6.08 Å². The van der Waals surface area contributed by atoms with Gasteiger partial charge < -0.3 is 14.2 Å². The first kappa shape index (κ1) is 29.0. The highest BCUT2D eigenvalue weighted by molar-refractivity contribution is 9.10. The molecule has 1 N–H and O–H groups in total. The molecule has 8 nitrogen and oxygen atoms in total. The highest BCUT2D eigenvalue weighted by atomic mass is 79.9. The molecular formula is C29H21BrCl2N2O6. The number of nitrogens with zero attached hydrogens (tertiary/aromatic N) is 1. The van der Waals surface area contributed by atoms with Gasteiger partial charge >= 0.3 is 6.03 Å². The van der Waals surface area contributed by atoms with Crippen LogP contribution in [0, 0.1) is 12.3 Å². The predicted octanol–water partition coefficient (Wildman–Crippen LogP) is 6.41. The Balaban J connectivity index is 1.57. The Bertz CT molecular complexity index is 1550. The number of barbiturate groups is 1. The van der Waals surface area contributed by atoms with Gasteiger partial charge in [0.1, 0.15) is 24.5 Å². The van der Waals surface area contributed by atoms with E-state index in [1.807, 2.05) is 0 Å². The highest BCUT2D eigenvalue weighted by Gasteiger charge is 2.37. The van der Waals surface area contributed by atoms with Crippen LogP contribution in [0.2, 0.25) is 10.0 Å². The molecule has 11 heteroatoms. The van der Waals surface area contributed by atoms with E-state index >= 15 is 0 Å². The second kappa shape index (κ2) is 12.9. The number of amides is 4. The normalized spacial score (nSPS) is 14.1. The number of carbonyl (C=O) groups is 3. The molecule has 0 unspecified atom stereocenters. The molecule has 204 valence electrons. The molecular weight excluding hydrogens is 623 g/mol. The largest absolute Gasteiger partial charge is 0.490 e. The van der Waals surface area contributed by atoms with Crippen molar-refractivity contribution in [1.29, 1.82) is 0 Å². The van der Waals surface area contributed by atoms with Crippen molar-refractivity contribution < 1.29 is 28.6 Å². The van der Waals surface area contributed by atoms with E-state index in [0.29, 0.717) is 43.9 Å². The number of terminal acetylenes is 1. The number of hydrogen-bond acceptors (Lipinski definition) is 6. The van der Waals surface area contributed by atoms with Crippen molar-refractivity contribution in [2.24, 2.45) is 0 Å². The molecule has 1 aliphatic rings. The number of halogens is 3. The number of ether oxygens (including phenoxy) is 3. The van der Waals surface area contributed by atoms with Crippen molar-refractivity contribution in [2.75, 3.05) is 18.1 Å². The Morgan fingerprint density at radius 2 is 1.77 bits per heavy atom. The summed E-state index contributed by atoms with van der Waals surface area (Å²) in [6.07, 6.45) is 6.66. The van der Waals surface area contributed by atoms with Gasteiger partial charge in [-0.2, -0.15) is 0 Å².